The first-order valence-electron chi connectivity index (χ1n) is 5.19. The zero-order valence-corrected chi connectivity index (χ0v) is 9.85. The summed E-state index contributed by atoms with van der Waals surface area (Å²) in [6, 6.07) is 3.86. The molecule has 0 aliphatic heterocycles. The minimum absolute atomic E-state index is 0.0577. The van der Waals surface area contributed by atoms with Gasteiger partial charge in [0.25, 0.3) is 0 Å². The van der Waals surface area contributed by atoms with Gasteiger partial charge in [-0.15, -0.1) is 0 Å². The van der Waals surface area contributed by atoms with Gasteiger partial charge >= 0.3 is 12.6 Å². The summed E-state index contributed by atoms with van der Waals surface area (Å²) in [6.07, 6.45) is 0.171. The Hall–Kier alpha value is -2.49. The van der Waals surface area contributed by atoms with Crippen molar-refractivity contribution in [2.45, 2.75) is 13.5 Å². The van der Waals surface area contributed by atoms with Crippen LogP contribution in [0.3, 0.4) is 0 Å². The van der Waals surface area contributed by atoms with Gasteiger partial charge in [0.15, 0.2) is 12.0 Å². The van der Waals surface area contributed by atoms with E-state index in [9.17, 15) is 18.4 Å². The van der Waals surface area contributed by atoms with Gasteiger partial charge in [0, 0.05) is 0 Å². The number of nitriles is 1. The molecule has 0 radical (unpaired) electrons. The van der Waals surface area contributed by atoms with Crippen LogP contribution in [0.4, 0.5) is 8.78 Å². The third kappa shape index (κ3) is 3.25. The Morgan fingerprint density at radius 3 is 2.68 bits per heavy atom. The number of aldehydes is 1. The normalized spacial score (nSPS) is 9.84. The van der Waals surface area contributed by atoms with E-state index in [2.05, 4.69) is 9.47 Å². The lowest BCUT2D eigenvalue weighted by Gasteiger charge is -2.12. The maximum absolute atomic E-state index is 12.3. The van der Waals surface area contributed by atoms with Crippen molar-refractivity contribution in [2.75, 3.05) is 6.61 Å². The summed E-state index contributed by atoms with van der Waals surface area (Å²) in [6.45, 7) is -1.61. The van der Waals surface area contributed by atoms with Gasteiger partial charge in [0.1, 0.15) is 6.07 Å². The van der Waals surface area contributed by atoms with E-state index < -0.39 is 23.9 Å². The molecule has 0 fully saturated rings. The molecule has 19 heavy (non-hydrogen) atoms. The van der Waals surface area contributed by atoms with Gasteiger partial charge < -0.3 is 9.47 Å². The number of benzene rings is 1. The van der Waals surface area contributed by atoms with Crippen molar-refractivity contribution in [3.63, 3.8) is 0 Å². The first-order valence-corrected chi connectivity index (χ1v) is 5.19. The van der Waals surface area contributed by atoms with Gasteiger partial charge in [0.05, 0.1) is 23.3 Å². The van der Waals surface area contributed by atoms with Gasteiger partial charge in [0.2, 0.25) is 0 Å². The maximum Gasteiger partial charge on any atom is 0.387 e. The smallest absolute Gasteiger partial charge is 0.387 e. The zero-order valence-electron chi connectivity index (χ0n) is 9.85. The standard InChI is InChI=1S/C12H9F2NO4/c1-2-18-11(17)8-4-3-7(5-15)10(9(8)6-16)19-12(13)14/h3-4,6,12H,2H2,1H3. The molecule has 0 N–H and O–H groups in total. The molecule has 0 saturated heterocycles. The van der Waals surface area contributed by atoms with Crippen LogP contribution in [0.2, 0.25) is 0 Å². The minimum Gasteiger partial charge on any atom is -0.462 e. The molecular weight excluding hydrogens is 260 g/mol. The topological polar surface area (TPSA) is 76.4 Å². The second kappa shape index (κ2) is 6.44. The third-order valence-corrected chi connectivity index (χ3v) is 2.14. The van der Waals surface area contributed by atoms with Gasteiger partial charge in [-0.3, -0.25) is 4.79 Å². The fourth-order valence-corrected chi connectivity index (χ4v) is 1.41. The molecule has 0 unspecified atom stereocenters. The Kier molecular flexibility index (Phi) is 4.94. The summed E-state index contributed by atoms with van der Waals surface area (Å²) in [5.41, 5.74) is -0.931. The van der Waals surface area contributed by atoms with Crippen LogP contribution in [-0.2, 0) is 4.74 Å². The monoisotopic (exact) mass is 269 g/mol. The largest absolute Gasteiger partial charge is 0.462 e. The summed E-state index contributed by atoms with van der Waals surface area (Å²) < 4.78 is 33.4. The van der Waals surface area contributed by atoms with Crippen LogP contribution in [0.1, 0.15) is 33.2 Å². The highest BCUT2D eigenvalue weighted by molar-refractivity contribution is 6.00. The van der Waals surface area contributed by atoms with E-state index >= 15 is 0 Å². The number of hydrogen-bond acceptors (Lipinski definition) is 5. The van der Waals surface area contributed by atoms with Crippen molar-refractivity contribution < 1.29 is 27.8 Å². The number of hydrogen-bond donors (Lipinski definition) is 0. The van der Waals surface area contributed by atoms with E-state index in [-0.39, 0.29) is 24.0 Å². The highest BCUT2D eigenvalue weighted by atomic mass is 19.3. The third-order valence-electron chi connectivity index (χ3n) is 2.14. The van der Waals surface area contributed by atoms with Gasteiger partial charge in [-0.1, -0.05) is 0 Å². The average molecular weight is 269 g/mol. The molecule has 1 aromatic rings. The molecular formula is C12H9F2NO4. The van der Waals surface area contributed by atoms with Crippen LogP contribution >= 0.6 is 0 Å². The molecule has 0 saturated carbocycles. The molecule has 0 aliphatic rings. The Morgan fingerprint density at radius 1 is 1.53 bits per heavy atom. The second-order valence-electron chi connectivity index (χ2n) is 3.23. The fraction of sp³-hybridized carbons (Fsp3) is 0.250. The highest BCUT2D eigenvalue weighted by Gasteiger charge is 2.22. The van der Waals surface area contributed by atoms with E-state index in [4.69, 9.17) is 5.26 Å². The molecule has 0 heterocycles. The molecule has 5 nitrogen and oxygen atoms in total. The number of carbonyl (C=O) groups is 2. The molecule has 0 atom stereocenters. The molecule has 0 amide bonds. The van der Waals surface area contributed by atoms with Crippen LogP contribution in [0.25, 0.3) is 0 Å². The zero-order chi connectivity index (χ0) is 14.4. The summed E-state index contributed by atoms with van der Waals surface area (Å²) in [4.78, 5) is 22.5. The van der Waals surface area contributed by atoms with Crippen molar-refractivity contribution in [1.82, 2.24) is 0 Å². The summed E-state index contributed by atoms with van der Waals surface area (Å²) >= 11 is 0. The van der Waals surface area contributed by atoms with Gasteiger partial charge in [-0.05, 0) is 19.1 Å². The number of esters is 1. The number of alkyl halides is 2. The quantitative estimate of drug-likeness (QED) is 0.604. The molecule has 100 valence electrons. The van der Waals surface area contributed by atoms with Crippen LogP contribution in [-0.4, -0.2) is 25.5 Å². The number of halogens is 2. The van der Waals surface area contributed by atoms with Crippen molar-refractivity contribution in [3.05, 3.63) is 28.8 Å². The van der Waals surface area contributed by atoms with Crippen molar-refractivity contribution >= 4 is 12.3 Å². The molecule has 1 aromatic carbocycles. The predicted molar refractivity (Wildman–Crippen MR) is 59.1 cm³/mol. The summed E-state index contributed by atoms with van der Waals surface area (Å²) in [5, 5.41) is 8.78. The van der Waals surface area contributed by atoms with Crippen LogP contribution in [0, 0.1) is 11.3 Å². The minimum atomic E-state index is -3.22. The van der Waals surface area contributed by atoms with Crippen molar-refractivity contribution in [3.8, 4) is 11.8 Å². The molecule has 0 aliphatic carbocycles. The van der Waals surface area contributed by atoms with E-state index in [1.807, 2.05) is 0 Å². The van der Waals surface area contributed by atoms with Crippen LogP contribution < -0.4 is 4.74 Å². The highest BCUT2D eigenvalue weighted by Crippen LogP contribution is 2.27. The Labute approximate surface area is 107 Å². The van der Waals surface area contributed by atoms with Gasteiger partial charge in [-0.2, -0.15) is 14.0 Å². The molecule has 0 aromatic heterocycles. The van der Waals surface area contributed by atoms with Crippen molar-refractivity contribution in [2.24, 2.45) is 0 Å². The molecule has 7 heteroatoms. The fourth-order valence-electron chi connectivity index (χ4n) is 1.41. The SMILES string of the molecule is CCOC(=O)c1ccc(C#N)c(OC(F)F)c1C=O. The van der Waals surface area contributed by atoms with Crippen molar-refractivity contribution in [1.29, 1.82) is 5.26 Å². The number of ether oxygens (including phenoxy) is 2. The number of nitrogens with zero attached hydrogens (tertiary/aromatic N) is 1. The Bertz CT molecular complexity index is 537. The van der Waals surface area contributed by atoms with E-state index in [1.165, 1.54) is 0 Å². The molecule has 0 bridgehead atoms. The maximum atomic E-state index is 12.3. The van der Waals surface area contributed by atoms with Crippen LogP contribution in [0.15, 0.2) is 12.1 Å². The van der Waals surface area contributed by atoms with E-state index in [0.29, 0.717) is 0 Å². The lowest BCUT2D eigenvalue weighted by molar-refractivity contribution is -0.0503. The van der Waals surface area contributed by atoms with Gasteiger partial charge in [-0.25, -0.2) is 4.79 Å². The number of carbonyl (C=O) groups excluding carboxylic acids is 2. The Balaban J connectivity index is 3.40. The van der Waals surface area contributed by atoms with Crippen LogP contribution in [0.5, 0.6) is 5.75 Å². The van der Waals surface area contributed by atoms with E-state index in [1.54, 1.807) is 13.0 Å². The first kappa shape index (κ1) is 14.6. The second-order valence-corrected chi connectivity index (χ2v) is 3.23. The lowest BCUT2D eigenvalue weighted by atomic mass is 10.0. The van der Waals surface area contributed by atoms with E-state index in [0.717, 1.165) is 12.1 Å². The first-order chi connectivity index (χ1) is 9.04. The Morgan fingerprint density at radius 2 is 2.21 bits per heavy atom. The summed E-state index contributed by atoms with van der Waals surface area (Å²) in [7, 11) is 0. The predicted octanol–water partition coefficient (Wildman–Crippen LogP) is 2.15. The lowest BCUT2D eigenvalue weighted by Crippen LogP contribution is -2.12. The number of rotatable bonds is 5. The molecule has 0 spiro atoms. The molecule has 1 rings (SSSR count). The summed E-state index contributed by atoms with van der Waals surface area (Å²) in [5.74, 6) is -1.48. The average Bonchev–Trinajstić information content (AvgIpc) is 2.37.